The van der Waals surface area contributed by atoms with Crippen LogP contribution in [0.3, 0.4) is 0 Å². The van der Waals surface area contributed by atoms with Crippen molar-refractivity contribution in [2.45, 2.75) is 39.3 Å². The molecule has 2 aromatic rings. The van der Waals surface area contributed by atoms with Crippen molar-refractivity contribution in [2.24, 2.45) is 0 Å². The molecular formula is C26H29N3O6. The second-order valence-corrected chi connectivity index (χ2v) is 8.82. The van der Waals surface area contributed by atoms with Gasteiger partial charge in [-0.2, -0.15) is 0 Å². The number of nitrogens with zero attached hydrogens (tertiary/aromatic N) is 3. The Bertz CT molecular complexity index is 1190. The summed E-state index contributed by atoms with van der Waals surface area (Å²) in [6, 6.07) is 10.1. The van der Waals surface area contributed by atoms with Gasteiger partial charge in [-0.1, -0.05) is 13.8 Å². The van der Waals surface area contributed by atoms with Crippen molar-refractivity contribution < 1.29 is 24.4 Å². The van der Waals surface area contributed by atoms with Gasteiger partial charge in [-0.3, -0.25) is 19.7 Å². The summed E-state index contributed by atoms with van der Waals surface area (Å²) in [5.41, 5.74) is 1.75. The van der Waals surface area contributed by atoms with E-state index in [4.69, 9.17) is 4.74 Å². The molecule has 2 atom stereocenters. The first-order chi connectivity index (χ1) is 16.7. The van der Waals surface area contributed by atoms with Gasteiger partial charge in [-0.05, 0) is 61.5 Å². The number of amides is 1. The van der Waals surface area contributed by atoms with Crippen molar-refractivity contribution in [2.75, 3.05) is 26.2 Å². The van der Waals surface area contributed by atoms with Crippen molar-refractivity contribution in [3.05, 3.63) is 74.8 Å². The summed E-state index contributed by atoms with van der Waals surface area (Å²) in [5, 5.41) is 22.4. The number of likely N-dealkylation sites (N-methyl/N-ethyl adjacent to an activating group) is 1. The lowest BCUT2D eigenvalue weighted by atomic mass is 9.94. The Morgan fingerprint density at radius 1 is 1.17 bits per heavy atom. The number of fused-ring (bicyclic) bond motifs is 1. The summed E-state index contributed by atoms with van der Waals surface area (Å²) in [5.74, 6) is -0.990. The van der Waals surface area contributed by atoms with Crippen molar-refractivity contribution in [3.63, 3.8) is 0 Å². The van der Waals surface area contributed by atoms with Crippen molar-refractivity contribution in [1.29, 1.82) is 0 Å². The van der Waals surface area contributed by atoms with Gasteiger partial charge in [0.1, 0.15) is 17.6 Å². The summed E-state index contributed by atoms with van der Waals surface area (Å²) in [6.07, 6.45) is 0.702. The minimum atomic E-state index is -0.852. The largest absolute Gasteiger partial charge is 0.507 e. The SMILES string of the molecule is CCN(CC)CCN1C(=O)C(=O)/C(=C(/O)c2ccc3c(c2)CC(C)O3)C1c1ccc([N+](=O)[O-])cc1. The monoisotopic (exact) mass is 479 g/mol. The normalized spacial score (nSPS) is 20.9. The molecule has 0 saturated carbocycles. The van der Waals surface area contributed by atoms with Crippen LogP contribution >= 0.6 is 0 Å². The summed E-state index contributed by atoms with van der Waals surface area (Å²) < 4.78 is 5.73. The number of carbonyl (C=O) groups is 2. The summed E-state index contributed by atoms with van der Waals surface area (Å²) in [7, 11) is 0. The van der Waals surface area contributed by atoms with E-state index in [0.717, 1.165) is 24.4 Å². The Labute approximate surface area is 203 Å². The molecule has 2 heterocycles. The maximum absolute atomic E-state index is 13.2. The third-order valence-electron chi connectivity index (χ3n) is 6.68. The molecule has 184 valence electrons. The molecule has 0 spiro atoms. The van der Waals surface area contributed by atoms with E-state index < -0.39 is 22.7 Å². The van der Waals surface area contributed by atoms with E-state index in [1.165, 1.54) is 29.2 Å². The van der Waals surface area contributed by atoms with Gasteiger partial charge in [0.05, 0.1) is 16.5 Å². The number of aliphatic hydroxyl groups is 1. The number of ketones is 1. The van der Waals surface area contributed by atoms with Gasteiger partial charge in [-0.25, -0.2) is 0 Å². The van der Waals surface area contributed by atoms with Crippen LogP contribution < -0.4 is 4.74 Å². The van der Waals surface area contributed by atoms with Crippen molar-refractivity contribution in [1.82, 2.24) is 9.80 Å². The second kappa shape index (κ2) is 9.87. The van der Waals surface area contributed by atoms with Crippen LogP contribution in [0.15, 0.2) is 48.0 Å². The molecule has 35 heavy (non-hydrogen) atoms. The molecule has 0 bridgehead atoms. The van der Waals surface area contributed by atoms with E-state index in [1.807, 2.05) is 20.8 Å². The third-order valence-corrected chi connectivity index (χ3v) is 6.68. The molecule has 9 heteroatoms. The molecule has 4 rings (SSSR count). The number of hydrogen-bond donors (Lipinski definition) is 1. The van der Waals surface area contributed by atoms with E-state index in [-0.39, 0.29) is 29.7 Å². The van der Waals surface area contributed by atoms with Crippen LogP contribution in [0, 0.1) is 10.1 Å². The number of nitro groups is 1. The number of rotatable bonds is 8. The predicted octanol–water partition coefficient (Wildman–Crippen LogP) is 3.68. The Kier molecular flexibility index (Phi) is 6.88. The highest BCUT2D eigenvalue weighted by Crippen LogP contribution is 2.40. The molecule has 9 nitrogen and oxygen atoms in total. The number of non-ortho nitro benzene ring substituents is 1. The van der Waals surface area contributed by atoms with Crippen LogP contribution in [0.1, 0.15) is 43.5 Å². The Hall–Kier alpha value is -3.72. The first-order valence-electron chi connectivity index (χ1n) is 11.8. The number of carbonyl (C=O) groups excluding carboxylic acids is 2. The average Bonchev–Trinajstić information content (AvgIpc) is 3.35. The fourth-order valence-electron chi connectivity index (χ4n) is 4.75. The molecule has 0 aromatic heterocycles. The number of hydrogen-bond acceptors (Lipinski definition) is 7. The zero-order valence-electron chi connectivity index (χ0n) is 20.1. The minimum absolute atomic E-state index is 0.0182. The van der Waals surface area contributed by atoms with Gasteiger partial charge in [0.2, 0.25) is 0 Å². The van der Waals surface area contributed by atoms with E-state index >= 15 is 0 Å². The number of Topliss-reactive ketones (excluding diaryl/α,β-unsaturated/α-hetero) is 1. The van der Waals surface area contributed by atoms with Gasteiger partial charge in [0.15, 0.2) is 0 Å². The number of nitro benzene ring substituents is 1. The molecule has 2 unspecified atom stereocenters. The number of aliphatic hydroxyl groups excluding tert-OH is 1. The molecule has 2 aliphatic heterocycles. The highest BCUT2D eigenvalue weighted by molar-refractivity contribution is 6.46. The molecule has 1 N–H and O–H groups in total. The number of benzene rings is 2. The lowest BCUT2D eigenvalue weighted by Crippen LogP contribution is -2.38. The summed E-state index contributed by atoms with van der Waals surface area (Å²) >= 11 is 0. The molecule has 0 radical (unpaired) electrons. The van der Waals surface area contributed by atoms with Crippen LogP contribution in [0.25, 0.3) is 5.76 Å². The van der Waals surface area contributed by atoms with Gasteiger partial charge in [0, 0.05) is 37.2 Å². The molecule has 1 saturated heterocycles. The maximum Gasteiger partial charge on any atom is 0.295 e. The zero-order valence-corrected chi connectivity index (χ0v) is 20.1. The molecule has 1 amide bonds. The van der Waals surface area contributed by atoms with Gasteiger partial charge in [0.25, 0.3) is 17.4 Å². The topological polar surface area (TPSA) is 113 Å². The van der Waals surface area contributed by atoms with Gasteiger partial charge >= 0.3 is 0 Å². The van der Waals surface area contributed by atoms with Crippen LogP contribution in [-0.4, -0.2) is 63.8 Å². The third kappa shape index (κ3) is 4.64. The molecule has 2 aliphatic rings. The van der Waals surface area contributed by atoms with E-state index in [9.17, 15) is 24.8 Å². The van der Waals surface area contributed by atoms with Crippen molar-refractivity contribution in [3.8, 4) is 5.75 Å². The quantitative estimate of drug-likeness (QED) is 0.202. The van der Waals surface area contributed by atoms with Gasteiger partial charge in [-0.15, -0.1) is 0 Å². The summed E-state index contributed by atoms with van der Waals surface area (Å²) in [6.45, 7) is 8.40. The smallest absolute Gasteiger partial charge is 0.295 e. The highest BCUT2D eigenvalue weighted by atomic mass is 16.6. The molecular weight excluding hydrogens is 450 g/mol. The molecule has 2 aromatic carbocycles. The Morgan fingerprint density at radius 3 is 2.49 bits per heavy atom. The molecule has 1 fully saturated rings. The number of ether oxygens (including phenoxy) is 1. The van der Waals surface area contributed by atoms with Crippen LogP contribution in [0.5, 0.6) is 5.75 Å². The Balaban J connectivity index is 1.79. The lowest BCUT2D eigenvalue weighted by Gasteiger charge is -2.28. The standard InChI is InChI=1S/C26H29N3O6/c1-4-27(5-2)12-13-28-23(17-6-9-20(10-7-17)29(33)34)22(25(31)26(28)32)24(30)18-8-11-21-19(15-18)14-16(3)35-21/h6-11,15-16,23,30H,4-5,12-14H2,1-3H3/b24-22+. The van der Waals surface area contributed by atoms with E-state index in [0.29, 0.717) is 24.1 Å². The Morgan fingerprint density at radius 2 is 1.86 bits per heavy atom. The lowest BCUT2D eigenvalue weighted by molar-refractivity contribution is -0.384. The molecule has 0 aliphatic carbocycles. The fraction of sp³-hybridized carbons (Fsp3) is 0.385. The van der Waals surface area contributed by atoms with Crippen molar-refractivity contribution >= 4 is 23.1 Å². The van der Waals surface area contributed by atoms with E-state index in [1.54, 1.807) is 18.2 Å². The predicted molar refractivity (Wildman–Crippen MR) is 130 cm³/mol. The first-order valence-corrected chi connectivity index (χ1v) is 11.8. The number of likely N-dealkylation sites (tertiary alicyclic amines) is 1. The summed E-state index contributed by atoms with van der Waals surface area (Å²) in [4.78, 5) is 40.5. The van der Waals surface area contributed by atoms with Crippen LogP contribution in [0.4, 0.5) is 5.69 Å². The minimum Gasteiger partial charge on any atom is -0.507 e. The van der Waals surface area contributed by atoms with E-state index in [2.05, 4.69) is 4.90 Å². The highest BCUT2D eigenvalue weighted by Gasteiger charge is 2.46. The van der Waals surface area contributed by atoms with Gasteiger partial charge < -0.3 is 19.6 Å². The van der Waals surface area contributed by atoms with Crippen LogP contribution in [-0.2, 0) is 16.0 Å². The second-order valence-electron chi connectivity index (χ2n) is 8.82. The van der Waals surface area contributed by atoms with Crippen LogP contribution in [0.2, 0.25) is 0 Å². The maximum atomic E-state index is 13.2. The average molecular weight is 480 g/mol. The first kappa shape index (κ1) is 24.4. The fourth-order valence-corrected chi connectivity index (χ4v) is 4.75. The zero-order chi connectivity index (χ0) is 25.3.